The number of nitrogens with zero attached hydrogens (tertiary/aromatic N) is 5. The molecule has 0 saturated carbocycles. The van der Waals surface area contributed by atoms with Crippen LogP contribution in [0.4, 0.5) is 4.39 Å². The molecule has 1 aromatic carbocycles. The van der Waals surface area contributed by atoms with Crippen LogP contribution in [0.15, 0.2) is 46.6 Å². The van der Waals surface area contributed by atoms with Gasteiger partial charge in [0.2, 0.25) is 5.82 Å². The molecule has 2 heterocycles. The topological polar surface area (TPSA) is 125 Å². The van der Waals surface area contributed by atoms with E-state index in [2.05, 4.69) is 36.4 Å². The molecule has 0 aliphatic heterocycles. The van der Waals surface area contributed by atoms with Gasteiger partial charge in [0.05, 0.1) is 16.7 Å². The second-order valence-corrected chi connectivity index (χ2v) is 7.66. The maximum atomic E-state index is 13.5. The molecule has 142 valence electrons. The third-order valence-electron chi connectivity index (χ3n) is 3.24. The average molecular weight is 475 g/mol. The lowest BCUT2D eigenvalue weighted by atomic mass is 10.3. The van der Waals surface area contributed by atoms with Gasteiger partial charge in [-0.2, -0.15) is 0 Å². The van der Waals surface area contributed by atoms with Crippen molar-refractivity contribution < 1.29 is 13.5 Å². The quantitative estimate of drug-likeness (QED) is 0.248. The zero-order valence-electron chi connectivity index (χ0n) is 13.8. The minimum Gasteiger partial charge on any atom is -0.379 e. The van der Waals surface area contributed by atoms with Crippen LogP contribution in [0.2, 0.25) is 0 Å². The molecular formula is C14H12BrFN6O3S2. The molecule has 13 heteroatoms. The number of amidine groups is 1. The highest BCUT2D eigenvalue weighted by Crippen LogP contribution is 2.28. The summed E-state index contributed by atoms with van der Waals surface area (Å²) in [5.74, 6) is -0.560. The average Bonchev–Trinajstić information content (AvgIpc) is 3.27. The summed E-state index contributed by atoms with van der Waals surface area (Å²) in [6, 6.07) is 4.06. The molecule has 2 aromatic heterocycles. The van der Waals surface area contributed by atoms with Crippen molar-refractivity contribution in [3.05, 3.63) is 39.0 Å². The summed E-state index contributed by atoms with van der Waals surface area (Å²) in [5.41, 5.74) is 6.21. The van der Waals surface area contributed by atoms with Gasteiger partial charge in [-0.15, -0.1) is 0 Å². The number of hydrogen-bond donors (Lipinski definition) is 1. The Morgan fingerprint density at radius 3 is 2.96 bits per heavy atom. The van der Waals surface area contributed by atoms with E-state index >= 15 is 0 Å². The lowest BCUT2D eigenvalue weighted by Crippen LogP contribution is -2.13. The van der Waals surface area contributed by atoms with Crippen molar-refractivity contribution in [2.75, 3.05) is 18.6 Å². The molecule has 0 radical (unpaired) electrons. The summed E-state index contributed by atoms with van der Waals surface area (Å²) in [5, 5.41) is 12.3. The lowest BCUT2D eigenvalue weighted by molar-refractivity contribution is 0.299. The molecule has 0 amide bonds. The maximum absolute atomic E-state index is 13.5. The molecule has 27 heavy (non-hydrogen) atoms. The molecule has 9 nitrogen and oxygen atoms in total. The van der Waals surface area contributed by atoms with Crippen molar-refractivity contribution in [2.45, 2.75) is 5.03 Å². The number of thioether (sulfide) groups is 2. The third-order valence-corrected chi connectivity index (χ3v) is 5.33. The fourth-order valence-corrected chi connectivity index (χ4v) is 3.34. The summed E-state index contributed by atoms with van der Waals surface area (Å²) in [6.45, 7) is 0.472. The lowest BCUT2D eigenvalue weighted by Gasteiger charge is -2.04. The molecule has 0 atom stereocenters. The smallest absolute Gasteiger partial charge is 0.379 e. The fourth-order valence-electron chi connectivity index (χ4n) is 2.03. The summed E-state index contributed by atoms with van der Waals surface area (Å²) >= 11 is 5.76. The molecule has 0 aliphatic rings. The van der Waals surface area contributed by atoms with Gasteiger partial charge in [-0.05, 0) is 50.7 Å². The number of aromatic nitrogens is 4. The van der Waals surface area contributed by atoms with Gasteiger partial charge >= 0.3 is 5.76 Å². The molecule has 0 saturated heterocycles. The third kappa shape index (κ3) is 4.42. The van der Waals surface area contributed by atoms with Gasteiger partial charge in [-0.1, -0.05) is 28.7 Å². The van der Waals surface area contributed by atoms with E-state index in [0.717, 1.165) is 4.57 Å². The first-order valence-electron chi connectivity index (χ1n) is 7.35. The van der Waals surface area contributed by atoms with Crippen molar-refractivity contribution in [1.29, 1.82) is 0 Å². The fraction of sp³-hybridized carbons (Fsp3) is 0.214. The number of aliphatic imine (C=N–C) groups is 1. The second-order valence-electron chi connectivity index (χ2n) is 4.90. The van der Waals surface area contributed by atoms with E-state index in [1.165, 1.54) is 41.7 Å². The molecule has 0 bridgehead atoms. The van der Waals surface area contributed by atoms with Crippen molar-refractivity contribution in [3.63, 3.8) is 0 Å². The van der Waals surface area contributed by atoms with Gasteiger partial charge in [0.25, 0.3) is 0 Å². The van der Waals surface area contributed by atoms with Gasteiger partial charge in [0.15, 0.2) is 15.9 Å². The number of hydrogen-bond acceptors (Lipinski definition) is 9. The maximum Gasteiger partial charge on any atom is 0.446 e. The van der Waals surface area contributed by atoms with Crippen LogP contribution in [0.5, 0.6) is 0 Å². The van der Waals surface area contributed by atoms with Gasteiger partial charge in [-0.25, -0.2) is 18.4 Å². The molecule has 0 aliphatic carbocycles. The summed E-state index contributed by atoms with van der Waals surface area (Å²) in [6.07, 6.45) is 1.84. The number of nitrogens with two attached hydrogens (primary N) is 1. The van der Waals surface area contributed by atoms with Crippen LogP contribution in [0.3, 0.4) is 0 Å². The Morgan fingerprint density at radius 1 is 1.41 bits per heavy atom. The van der Waals surface area contributed by atoms with Crippen LogP contribution in [0.1, 0.15) is 0 Å². The molecule has 3 aromatic rings. The van der Waals surface area contributed by atoms with E-state index in [4.69, 9.17) is 14.9 Å². The van der Waals surface area contributed by atoms with E-state index in [-0.39, 0.29) is 16.0 Å². The first kappa shape index (κ1) is 19.6. The molecular weight excluding hydrogens is 463 g/mol. The van der Waals surface area contributed by atoms with Crippen LogP contribution in [-0.4, -0.2) is 43.8 Å². The van der Waals surface area contributed by atoms with Crippen molar-refractivity contribution in [1.82, 2.24) is 20.0 Å². The Labute approximate surface area is 168 Å². The van der Waals surface area contributed by atoms with Crippen LogP contribution in [0.25, 0.3) is 17.2 Å². The minimum absolute atomic E-state index is 0.0920. The van der Waals surface area contributed by atoms with Gasteiger partial charge in [-0.3, -0.25) is 9.52 Å². The van der Waals surface area contributed by atoms with Crippen LogP contribution < -0.4 is 11.5 Å². The Bertz CT molecular complexity index is 1030. The van der Waals surface area contributed by atoms with Gasteiger partial charge in [0, 0.05) is 5.75 Å². The molecule has 2 N–H and O–H groups in total. The normalized spacial score (nSPS) is 11.9. The monoisotopic (exact) mass is 474 g/mol. The minimum atomic E-state index is -0.750. The Hall–Kier alpha value is -2.12. The number of rotatable bonds is 6. The first-order valence-corrected chi connectivity index (χ1v) is 10.4. The number of halogens is 2. The highest BCUT2D eigenvalue weighted by molar-refractivity contribution is 9.10. The van der Waals surface area contributed by atoms with Crippen molar-refractivity contribution >= 4 is 44.6 Å². The van der Waals surface area contributed by atoms with E-state index < -0.39 is 11.6 Å². The van der Waals surface area contributed by atoms with Crippen LogP contribution in [-0.2, 0) is 0 Å². The van der Waals surface area contributed by atoms with E-state index in [0.29, 0.717) is 28.2 Å². The number of benzene rings is 1. The largest absolute Gasteiger partial charge is 0.446 e. The van der Waals surface area contributed by atoms with E-state index in [1.807, 2.05) is 6.26 Å². The highest BCUT2D eigenvalue weighted by Gasteiger charge is 2.23. The van der Waals surface area contributed by atoms with Crippen molar-refractivity contribution in [2.24, 2.45) is 10.7 Å². The highest BCUT2D eigenvalue weighted by atomic mass is 79.9. The van der Waals surface area contributed by atoms with Crippen molar-refractivity contribution in [3.8, 4) is 17.2 Å². The zero-order valence-corrected chi connectivity index (χ0v) is 17.0. The second kappa shape index (κ2) is 8.71. The predicted octanol–water partition coefficient (Wildman–Crippen LogP) is 2.55. The standard InChI is InChI=1S/C14H12BrFN6O3S2/c1-26-13(17)18-4-5-27-12-10(19-25-21-12)11-20-24-14(23)22(11)7-2-3-9(16)8(15)6-7/h2-3,6H,4-5H2,1H3,(H2,17,18). The van der Waals surface area contributed by atoms with Gasteiger partial charge < -0.3 is 5.73 Å². The molecule has 3 rings (SSSR count). The van der Waals surface area contributed by atoms with Gasteiger partial charge in [0.1, 0.15) is 5.82 Å². The summed E-state index contributed by atoms with van der Waals surface area (Å²) in [7, 11) is 0. The zero-order chi connectivity index (χ0) is 19.4. The molecule has 0 fully saturated rings. The Kier molecular flexibility index (Phi) is 6.34. The van der Waals surface area contributed by atoms with E-state index in [9.17, 15) is 9.18 Å². The van der Waals surface area contributed by atoms with Crippen LogP contribution >= 0.6 is 39.5 Å². The predicted molar refractivity (Wildman–Crippen MR) is 104 cm³/mol. The van der Waals surface area contributed by atoms with E-state index in [1.54, 1.807) is 0 Å². The summed E-state index contributed by atoms with van der Waals surface area (Å²) in [4.78, 5) is 16.3. The van der Waals surface area contributed by atoms with Crippen LogP contribution in [0, 0.1) is 5.82 Å². The molecule has 0 spiro atoms. The Morgan fingerprint density at radius 2 is 2.22 bits per heavy atom. The molecule has 0 unspecified atom stereocenters. The summed E-state index contributed by atoms with van der Waals surface area (Å²) < 4.78 is 24.4. The first-order chi connectivity index (χ1) is 13.0. The Balaban J connectivity index is 1.90. The SMILES string of the molecule is CSC(N)=NCCSc1nonc1-c1noc(=O)n1-c1ccc(F)c(Br)c1.